The van der Waals surface area contributed by atoms with Gasteiger partial charge in [-0.2, -0.15) is 5.10 Å². The van der Waals surface area contributed by atoms with Crippen molar-refractivity contribution in [2.45, 2.75) is 20.3 Å². The van der Waals surface area contributed by atoms with E-state index in [-0.39, 0.29) is 0 Å². The van der Waals surface area contributed by atoms with Crippen LogP contribution in [0.15, 0.2) is 19.4 Å². The van der Waals surface area contributed by atoms with Crippen LogP contribution in [0.2, 0.25) is 0 Å². The lowest BCUT2D eigenvalue weighted by atomic mass is 10.2. The molecule has 0 radical (unpaired) electrons. The lowest BCUT2D eigenvalue weighted by molar-refractivity contribution is 1.08. The van der Waals surface area contributed by atoms with Crippen molar-refractivity contribution in [3.8, 4) is 0 Å². The van der Waals surface area contributed by atoms with Gasteiger partial charge in [-0.3, -0.25) is 5.10 Å². The number of hydrogen-bond acceptors (Lipinski definition) is 1. The Balaban J connectivity index is 0.000000354. The maximum atomic E-state index is 3.80. The molecule has 66 valence electrons. The van der Waals surface area contributed by atoms with Gasteiger partial charge in [-0.05, 0) is 6.08 Å². The van der Waals surface area contributed by atoms with Crippen LogP contribution in [-0.4, -0.2) is 10.2 Å². The largest absolute Gasteiger partial charge is 0.278 e. The highest BCUT2D eigenvalue weighted by Gasteiger charge is 1.92. The number of hydrogen-bond donors (Lipinski definition) is 1. The van der Waals surface area contributed by atoms with Crippen molar-refractivity contribution in [2.75, 3.05) is 0 Å². The van der Waals surface area contributed by atoms with Gasteiger partial charge in [0.1, 0.15) is 0 Å². The topological polar surface area (TPSA) is 28.7 Å². The molecule has 2 heteroatoms. The molecule has 2 nitrogen and oxygen atoms in total. The summed E-state index contributed by atoms with van der Waals surface area (Å²) in [6, 6.07) is 0. The van der Waals surface area contributed by atoms with Gasteiger partial charge in [-0.1, -0.05) is 39.5 Å². The lowest BCUT2D eigenvalue weighted by Crippen LogP contribution is -1.72. The third-order valence-corrected chi connectivity index (χ3v) is 1.12. The van der Waals surface area contributed by atoms with Gasteiger partial charge in [0, 0.05) is 5.56 Å². The summed E-state index contributed by atoms with van der Waals surface area (Å²) >= 11 is 0. The minimum atomic E-state index is 0.921. The van der Waals surface area contributed by atoms with Crippen LogP contribution < -0.4 is 0 Å². The average Bonchev–Trinajstić information content (AvgIpc) is 2.52. The first kappa shape index (κ1) is 10.7. The van der Waals surface area contributed by atoms with Gasteiger partial charge >= 0.3 is 0 Å². The van der Waals surface area contributed by atoms with Crippen LogP contribution in [0.1, 0.15) is 31.5 Å². The summed E-state index contributed by atoms with van der Waals surface area (Å²) in [6.07, 6.45) is 6.41. The van der Waals surface area contributed by atoms with Crippen LogP contribution in [0.5, 0.6) is 0 Å². The van der Waals surface area contributed by atoms with Crippen LogP contribution in [0, 0.1) is 0 Å². The Kier molecular flexibility index (Phi) is 5.70. The molecule has 0 spiro atoms. The summed E-state index contributed by atoms with van der Waals surface area (Å²) in [5.74, 6) is 0. The number of nitrogens with zero attached hydrogens (tertiary/aromatic N) is 1. The van der Waals surface area contributed by atoms with Crippen molar-refractivity contribution in [2.24, 2.45) is 0 Å². The number of aromatic amines is 1. The second kappa shape index (κ2) is 6.40. The molecule has 0 fully saturated rings. The standard InChI is InChI=1S/C7H8N2.C3H8/c1-3-6-5-8-9-7(6)4-2;1-3-2/h3-5H,1-2H2,(H,8,9);3H2,1-2H3. The van der Waals surface area contributed by atoms with Crippen LogP contribution in [0.25, 0.3) is 12.2 Å². The Morgan fingerprint density at radius 2 is 2.00 bits per heavy atom. The molecule has 0 aliphatic rings. The van der Waals surface area contributed by atoms with Gasteiger partial charge in [-0.15, -0.1) is 0 Å². The normalized spacial score (nSPS) is 8.17. The molecule has 0 saturated heterocycles. The molecule has 1 N–H and O–H groups in total. The predicted octanol–water partition coefficient (Wildman–Crippen LogP) is 3.11. The Hall–Kier alpha value is -1.31. The molecule has 0 aliphatic heterocycles. The van der Waals surface area contributed by atoms with Crippen molar-refractivity contribution in [3.63, 3.8) is 0 Å². The monoisotopic (exact) mass is 164 g/mol. The Bertz CT molecular complexity index is 213. The maximum Gasteiger partial charge on any atom is 0.0644 e. The third kappa shape index (κ3) is 3.19. The first-order chi connectivity index (χ1) is 5.79. The fourth-order valence-electron chi connectivity index (χ4n) is 0.632. The van der Waals surface area contributed by atoms with Crippen LogP contribution >= 0.6 is 0 Å². The van der Waals surface area contributed by atoms with Gasteiger partial charge in [0.2, 0.25) is 0 Å². The summed E-state index contributed by atoms with van der Waals surface area (Å²) < 4.78 is 0. The highest BCUT2D eigenvalue weighted by molar-refractivity contribution is 5.59. The summed E-state index contributed by atoms with van der Waals surface area (Å²) in [5, 5.41) is 6.56. The number of H-pyrrole nitrogens is 1. The van der Waals surface area contributed by atoms with E-state index in [1.807, 2.05) is 0 Å². The first-order valence-electron chi connectivity index (χ1n) is 4.08. The molecule has 1 aromatic rings. The fraction of sp³-hybridized carbons (Fsp3) is 0.300. The molecule has 1 aromatic heterocycles. The smallest absolute Gasteiger partial charge is 0.0644 e. The third-order valence-electron chi connectivity index (χ3n) is 1.12. The SMILES string of the molecule is C=Cc1cn[nH]c1C=C.CCC. The lowest BCUT2D eigenvalue weighted by Gasteiger charge is -1.84. The summed E-state index contributed by atoms with van der Waals surface area (Å²) in [7, 11) is 0. The quantitative estimate of drug-likeness (QED) is 0.714. The Morgan fingerprint density at radius 3 is 2.33 bits per heavy atom. The summed E-state index contributed by atoms with van der Waals surface area (Å²) in [5.41, 5.74) is 1.91. The number of aromatic nitrogens is 2. The Morgan fingerprint density at radius 1 is 1.42 bits per heavy atom. The van der Waals surface area contributed by atoms with Crippen molar-refractivity contribution >= 4 is 12.2 Å². The summed E-state index contributed by atoms with van der Waals surface area (Å²) in [6.45, 7) is 11.4. The maximum absolute atomic E-state index is 3.80. The molecule has 0 unspecified atom stereocenters. The molecule has 1 rings (SSSR count). The average molecular weight is 164 g/mol. The summed E-state index contributed by atoms with van der Waals surface area (Å²) in [4.78, 5) is 0. The van der Waals surface area contributed by atoms with Gasteiger partial charge in [0.05, 0.1) is 11.9 Å². The highest BCUT2D eigenvalue weighted by atomic mass is 15.1. The molecule has 0 atom stereocenters. The zero-order valence-corrected chi connectivity index (χ0v) is 7.80. The van der Waals surface area contributed by atoms with E-state index in [0.717, 1.165) is 11.3 Å². The van der Waals surface area contributed by atoms with E-state index < -0.39 is 0 Å². The minimum Gasteiger partial charge on any atom is -0.278 e. The molecule has 1 heterocycles. The van der Waals surface area contributed by atoms with E-state index in [9.17, 15) is 0 Å². The molecule has 0 saturated carbocycles. The highest BCUT2D eigenvalue weighted by Crippen LogP contribution is 2.05. The van der Waals surface area contributed by atoms with Gasteiger partial charge in [-0.25, -0.2) is 0 Å². The Labute approximate surface area is 74.0 Å². The van der Waals surface area contributed by atoms with Gasteiger partial charge < -0.3 is 0 Å². The number of rotatable bonds is 2. The van der Waals surface area contributed by atoms with Gasteiger partial charge in [0.25, 0.3) is 0 Å². The van der Waals surface area contributed by atoms with E-state index in [2.05, 4.69) is 37.2 Å². The van der Waals surface area contributed by atoms with E-state index >= 15 is 0 Å². The van der Waals surface area contributed by atoms with Crippen LogP contribution in [0.3, 0.4) is 0 Å². The van der Waals surface area contributed by atoms with Gasteiger partial charge in [0.15, 0.2) is 0 Å². The second-order valence-corrected chi connectivity index (χ2v) is 2.35. The van der Waals surface area contributed by atoms with Crippen LogP contribution in [0.4, 0.5) is 0 Å². The second-order valence-electron chi connectivity index (χ2n) is 2.35. The first-order valence-corrected chi connectivity index (χ1v) is 4.08. The zero-order valence-electron chi connectivity index (χ0n) is 7.80. The minimum absolute atomic E-state index is 0.921. The molecule has 0 amide bonds. The van der Waals surface area contributed by atoms with E-state index in [4.69, 9.17) is 0 Å². The van der Waals surface area contributed by atoms with Crippen molar-refractivity contribution in [1.82, 2.24) is 10.2 Å². The fourth-order valence-corrected chi connectivity index (χ4v) is 0.632. The molecule has 0 bridgehead atoms. The van der Waals surface area contributed by atoms with Crippen LogP contribution in [-0.2, 0) is 0 Å². The van der Waals surface area contributed by atoms with E-state index in [1.165, 1.54) is 6.42 Å². The molecule has 12 heavy (non-hydrogen) atoms. The molecule has 0 aliphatic carbocycles. The molecular weight excluding hydrogens is 148 g/mol. The van der Waals surface area contributed by atoms with Crippen molar-refractivity contribution in [1.29, 1.82) is 0 Å². The van der Waals surface area contributed by atoms with E-state index in [0.29, 0.717) is 0 Å². The predicted molar refractivity (Wildman–Crippen MR) is 54.7 cm³/mol. The molecule has 0 aromatic carbocycles. The van der Waals surface area contributed by atoms with Crippen molar-refractivity contribution < 1.29 is 0 Å². The number of nitrogens with one attached hydrogen (secondary N) is 1. The molecular formula is C10H16N2. The van der Waals surface area contributed by atoms with E-state index in [1.54, 1.807) is 18.3 Å². The van der Waals surface area contributed by atoms with Crippen molar-refractivity contribution in [3.05, 3.63) is 30.6 Å². The zero-order chi connectivity index (χ0) is 9.40.